The molecule has 2 heterocycles. The van der Waals surface area contributed by atoms with Crippen molar-refractivity contribution in [2.45, 2.75) is 0 Å². The molecule has 1 radical (unpaired) electrons. The van der Waals surface area contributed by atoms with Crippen molar-refractivity contribution in [2.24, 2.45) is 0 Å². The fraction of sp³-hybridized carbons (Fsp3) is 0.267. The SMILES string of the molecule is O=[N+]([O-])Oc1ccncc1N1CCN(c2cc[c]cc2)CC1. The molecule has 0 bridgehead atoms. The van der Waals surface area contributed by atoms with E-state index in [-0.39, 0.29) is 5.75 Å². The lowest BCUT2D eigenvalue weighted by Crippen LogP contribution is -2.46. The highest BCUT2D eigenvalue weighted by atomic mass is 17.0. The van der Waals surface area contributed by atoms with Gasteiger partial charge in [-0.3, -0.25) is 9.82 Å². The highest BCUT2D eigenvalue weighted by Crippen LogP contribution is 2.28. The fourth-order valence-electron chi connectivity index (χ4n) is 2.56. The van der Waals surface area contributed by atoms with Crippen LogP contribution in [-0.4, -0.2) is 36.2 Å². The van der Waals surface area contributed by atoms with Gasteiger partial charge in [-0.25, -0.2) is 0 Å². The first-order valence-electron chi connectivity index (χ1n) is 6.96. The lowest BCUT2D eigenvalue weighted by Gasteiger charge is -2.37. The Balaban J connectivity index is 1.70. The van der Waals surface area contributed by atoms with Crippen LogP contribution >= 0.6 is 0 Å². The smallest absolute Gasteiger partial charge is 0.299 e. The van der Waals surface area contributed by atoms with E-state index in [1.807, 2.05) is 24.3 Å². The van der Waals surface area contributed by atoms with Crippen molar-refractivity contribution < 1.29 is 9.92 Å². The van der Waals surface area contributed by atoms with E-state index in [9.17, 15) is 10.1 Å². The monoisotopic (exact) mass is 299 g/mol. The van der Waals surface area contributed by atoms with Crippen LogP contribution in [0.5, 0.6) is 5.75 Å². The van der Waals surface area contributed by atoms with E-state index in [2.05, 4.69) is 25.7 Å². The Morgan fingerprint density at radius 1 is 1.14 bits per heavy atom. The minimum atomic E-state index is -0.796. The van der Waals surface area contributed by atoms with E-state index in [1.54, 1.807) is 6.20 Å². The highest BCUT2D eigenvalue weighted by molar-refractivity contribution is 5.58. The Bertz CT molecular complexity index is 642. The number of rotatable bonds is 4. The number of nitrogens with zero attached hydrogens (tertiary/aromatic N) is 4. The highest BCUT2D eigenvalue weighted by Gasteiger charge is 2.20. The third-order valence-corrected chi connectivity index (χ3v) is 3.62. The molecule has 0 saturated carbocycles. The van der Waals surface area contributed by atoms with Crippen LogP contribution in [0.15, 0.2) is 42.7 Å². The number of piperazine rings is 1. The molecule has 1 aliphatic heterocycles. The molecule has 2 aromatic rings. The Kier molecular flexibility index (Phi) is 4.04. The van der Waals surface area contributed by atoms with Crippen molar-refractivity contribution in [3.63, 3.8) is 0 Å². The molecule has 0 N–H and O–H groups in total. The van der Waals surface area contributed by atoms with E-state index in [0.29, 0.717) is 5.69 Å². The average Bonchev–Trinajstić information content (AvgIpc) is 2.56. The van der Waals surface area contributed by atoms with Crippen molar-refractivity contribution in [1.82, 2.24) is 4.98 Å². The molecular formula is C15H15N4O3. The van der Waals surface area contributed by atoms with Crippen LogP contribution in [0, 0.1) is 16.2 Å². The van der Waals surface area contributed by atoms with Gasteiger partial charge < -0.3 is 9.80 Å². The zero-order valence-electron chi connectivity index (χ0n) is 11.9. The molecule has 7 heteroatoms. The molecule has 0 aliphatic carbocycles. The lowest BCUT2D eigenvalue weighted by molar-refractivity contribution is -0.710. The van der Waals surface area contributed by atoms with Crippen molar-refractivity contribution >= 4 is 11.4 Å². The third-order valence-electron chi connectivity index (χ3n) is 3.62. The first kappa shape index (κ1) is 14.1. The van der Waals surface area contributed by atoms with E-state index in [0.717, 1.165) is 31.9 Å². The maximum atomic E-state index is 10.6. The third kappa shape index (κ3) is 3.08. The van der Waals surface area contributed by atoms with Crippen LogP contribution in [-0.2, 0) is 0 Å². The predicted octanol–water partition coefficient (Wildman–Crippen LogP) is 1.78. The van der Waals surface area contributed by atoms with Crippen LogP contribution in [0.3, 0.4) is 0 Å². The summed E-state index contributed by atoms with van der Waals surface area (Å²) in [4.78, 5) is 23.6. The number of pyridine rings is 1. The van der Waals surface area contributed by atoms with Gasteiger partial charge in [0.1, 0.15) is 0 Å². The average molecular weight is 299 g/mol. The van der Waals surface area contributed by atoms with E-state index >= 15 is 0 Å². The summed E-state index contributed by atoms with van der Waals surface area (Å²) in [5.41, 5.74) is 1.81. The minimum Gasteiger partial charge on any atom is -0.368 e. The quantitative estimate of drug-likeness (QED) is 0.633. The molecule has 0 spiro atoms. The second-order valence-electron chi connectivity index (χ2n) is 4.89. The number of hydrogen-bond acceptors (Lipinski definition) is 6. The van der Waals surface area contributed by atoms with Crippen molar-refractivity contribution in [1.29, 1.82) is 0 Å². The minimum absolute atomic E-state index is 0.225. The number of anilines is 2. The van der Waals surface area contributed by atoms with Gasteiger partial charge in [-0.05, 0) is 24.3 Å². The van der Waals surface area contributed by atoms with Gasteiger partial charge in [-0.15, -0.1) is 10.1 Å². The summed E-state index contributed by atoms with van der Waals surface area (Å²) in [5, 5.41) is 9.78. The van der Waals surface area contributed by atoms with Gasteiger partial charge in [0, 0.05) is 38.1 Å². The molecule has 1 aromatic heterocycles. The predicted molar refractivity (Wildman–Crippen MR) is 81.6 cm³/mol. The molecule has 1 fully saturated rings. The van der Waals surface area contributed by atoms with Gasteiger partial charge in [0.2, 0.25) is 0 Å². The molecule has 0 atom stereocenters. The van der Waals surface area contributed by atoms with Gasteiger partial charge in [0.05, 0.1) is 11.9 Å². The second kappa shape index (κ2) is 6.30. The summed E-state index contributed by atoms with van der Waals surface area (Å²) in [5.74, 6) is 0.225. The molecule has 22 heavy (non-hydrogen) atoms. The molecule has 1 saturated heterocycles. The first-order valence-corrected chi connectivity index (χ1v) is 6.96. The topological polar surface area (TPSA) is 71.7 Å². The maximum Gasteiger partial charge on any atom is 0.299 e. The summed E-state index contributed by atoms with van der Waals surface area (Å²) in [6, 6.07) is 12.4. The molecule has 3 rings (SSSR count). The van der Waals surface area contributed by atoms with Crippen LogP contribution in [0.4, 0.5) is 11.4 Å². The standard InChI is InChI=1S/C15H15N4O3/c20-19(21)22-15-6-7-16-12-14(15)18-10-8-17(9-11-18)13-4-2-1-3-5-13/h2-7,12H,8-11H2. The fourth-order valence-corrected chi connectivity index (χ4v) is 2.56. The largest absolute Gasteiger partial charge is 0.368 e. The van der Waals surface area contributed by atoms with Gasteiger partial charge in [0.25, 0.3) is 5.09 Å². The Labute approximate surface area is 127 Å². The maximum absolute atomic E-state index is 10.6. The van der Waals surface area contributed by atoms with Crippen molar-refractivity contribution in [3.8, 4) is 5.75 Å². The zero-order chi connectivity index (χ0) is 15.4. The number of aromatic nitrogens is 1. The van der Waals surface area contributed by atoms with Crippen LogP contribution in [0.25, 0.3) is 0 Å². The summed E-state index contributed by atoms with van der Waals surface area (Å²) in [7, 11) is 0. The normalized spacial score (nSPS) is 14.7. The summed E-state index contributed by atoms with van der Waals surface area (Å²) in [6.07, 6.45) is 3.09. The van der Waals surface area contributed by atoms with Crippen LogP contribution < -0.4 is 14.6 Å². The molecular weight excluding hydrogens is 284 g/mol. The Morgan fingerprint density at radius 3 is 2.50 bits per heavy atom. The first-order chi connectivity index (χ1) is 10.7. The molecule has 113 valence electrons. The van der Waals surface area contributed by atoms with Gasteiger partial charge in [-0.2, -0.15) is 0 Å². The lowest BCUT2D eigenvalue weighted by atomic mass is 10.2. The summed E-state index contributed by atoms with van der Waals surface area (Å²) >= 11 is 0. The molecule has 1 aliphatic rings. The van der Waals surface area contributed by atoms with Gasteiger partial charge >= 0.3 is 0 Å². The van der Waals surface area contributed by atoms with E-state index < -0.39 is 5.09 Å². The molecule has 0 unspecified atom stereocenters. The molecule has 0 amide bonds. The number of hydrogen-bond donors (Lipinski definition) is 0. The van der Waals surface area contributed by atoms with Crippen molar-refractivity contribution in [2.75, 3.05) is 36.0 Å². The second-order valence-corrected chi connectivity index (χ2v) is 4.89. The Morgan fingerprint density at radius 2 is 1.82 bits per heavy atom. The van der Waals surface area contributed by atoms with E-state index in [4.69, 9.17) is 0 Å². The van der Waals surface area contributed by atoms with E-state index in [1.165, 1.54) is 12.3 Å². The number of benzene rings is 1. The van der Waals surface area contributed by atoms with Crippen molar-refractivity contribution in [3.05, 3.63) is 58.9 Å². The van der Waals surface area contributed by atoms with Crippen LogP contribution in [0.1, 0.15) is 0 Å². The van der Waals surface area contributed by atoms with Gasteiger partial charge in [-0.1, -0.05) is 12.1 Å². The zero-order valence-corrected chi connectivity index (χ0v) is 11.9. The van der Waals surface area contributed by atoms with Gasteiger partial charge in [0.15, 0.2) is 5.75 Å². The Hall–Kier alpha value is -2.83. The molecule has 1 aromatic carbocycles. The van der Waals surface area contributed by atoms with Crippen LogP contribution in [0.2, 0.25) is 0 Å². The summed E-state index contributed by atoms with van der Waals surface area (Å²) in [6.45, 7) is 3.16. The molecule has 7 nitrogen and oxygen atoms in total. The summed E-state index contributed by atoms with van der Waals surface area (Å²) < 4.78 is 0.